The first-order valence-electron chi connectivity index (χ1n) is 7.25. The number of nitrogens with one attached hydrogen (secondary N) is 3. The number of aromatic nitrogens is 3. The predicted molar refractivity (Wildman–Crippen MR) is 89.7 cm³/mol. The summed E-state index contributed by atoms with van der Waals surface area (Å²) in [6.07, 6.45) is 0.618. The van der Waals surface area contributed by atoms with Crippen molar-refractivity contribution in [3.8, 4) is 0 Å². The molecule has 2 rings (SSSR count). The Bertz CT molecular complexity index is 704. The molecule has 1 heterocycles. The number of hydrogen-bond acceptors (Lipinski definition) is 3. The summed E-state index contributed by atoms with van der Waals surface area (Å²) in [6.45, 7) is 6.54. The standard InChI is InChI=1S/C15H21N5OS/c1-10(2)20-13(18-19-15(20)22)8-9-16-14(21)17-12-7-5-4-6-11(12)3/h4-7,10H,8-9H2,1-3H3,(H,19,22)(H2,16,17,21). The number of aromatic amines is 1. The monoisotopic (exact) mass is 319 g/mol. The molecule has 0 aliphatic heterocycles. The summed E-state index contributed by atoms with van der Waals surface area (Å²) >= 11 is 5.20. The zero-order chi connectivity index (χ0) is 16.1. The van der Waals surface area contributed by atoms with E-state index in [1.54, 1.807) is 0 Å². The van der Waals surface area contributed by atoms with Crippen LogP contribution in [-0.4, -0.2) is 27.3 Å². The van der Waals surface area contributed by atoms with E-state index >= 15 is 0 Å². The molecule has 0 spiro atoms. The lowest BCUT2D eigenvalue weighted by Gasteiger charge is -2.11. The number of amides is 2. The van der Waals surface area contributed by atoms with Gasteiger partial charge in [-0.15, -0.1) is 0 Å². The van der Waals surface area contributed by atoms with Crippen molar-refractivity contribution in [3.05, 3.63) is 40.4 Å². The molecule has 0 aliphatic carbocycles. The summed E-state index contributed by atoms with van der Waals surface area (Å²) in [6, 6.07) is 7.67. The average molecular weight is 319 g/mol. The minimum Gasteiger partial charge on any atom is -0.337 e. The van der Waals surface area contributed by atoms with E-state index in [9.17, 15) is 4.79 Å². The molecule has 1 aromatic heterocycles. The number of hydrogen-bond donors (Lipinski definition) is 3. The van der Waals surface area contributed by atoms with Crippen LogP contribution in [0.3, 0.4) is 0 Å². The molecule has 6 nitrogen and oxygen atoms in total. The number of carbonyl (C=O) groups excluding carboxylic acids is 1. The maximum atomic E-state index is 11.9. The maximum absolute atomic E-state index is 11.9. The minimum atomic E-state index is -0.223. The Hall–Kier alpha value is -2.15. The lowest BCUT2D eigenvalue weighted by Crippen LogP contribution is -2.31. The number of anilines is 1. The van der Waals surface area contributed by atoms with E-state index in [1.807, 2.05) is 49.6 Å². The smallest absolute Gasteiger partial charge is 0.319 e. The molecule has 0 saturated carbocycles. The molecule has 0 fully saturated rings. The largest absolute Gasteiger partial charge is 0.337 e. The molecule has 0 bridgehead atoms. The molecule has 7 heteroatoms. The molecular weight excluding hydrogens is 298 g/mol. The highest BCUT2D eigenvalue weighted by molar-refractivity contribution is 7.71. The van der Waals surface area contributed by atoms with Crippen LogP contribution in [0.4, 0.5) is 10.5 Å². The van der Waals surface area contributed by atoms with Gasteiger partial charge in [-0.3, -0.25) is 5.10 Å². The Morgan fingerprint density at radius 3 is 2.82 bits per heavy atom. The van der Waals surface area contributed by atoms with Crippen molar-refractivity contribution in [1.29, 1.82) is 0 Å². The second-order valence-electron chi connectivity index (χ2n) is 5.35. The first kappa shape index (κ1) is 16.2. The molecule has 0 atom stereocenters. The van der Waals surface area contributed by atoms with Gasteiger partial charge in [0.05, 0.1) is 0 Å². The second-order valence-corrected chi connectivity index (χ2v) is 5.74. The van der Waals surface area contributed by atoms with Crippen LogP contribution in [0.2, 0.25) is 0 Å². The zero-order valence-corrected chi connectivity index (χ0v) is 13.8. The van der Waals surface area contributed by atoms with E-state index in [-0.39, 0.29) is 12.1 Å². The van der Waals surface area contributed by atoms with Crippen molar-refractivity contribution in [2.75, 3.05) is 11.9 Å². The van der Waals surface area contributed by atoms with Gasteiger partial charge in [-0.1, -0.05) is 18.2 Å². The number of carbonyl (C=O) groups is 1. The van der Waals surface area contributed by atoms with Crippen molar-refractivity contribution < 1.29 is 4.79 Å². The van der Waals surface area contributed by atoms with Gasteiger partial charge in [-0.25, -0.2) is 4.79 Å². The summed E-state index contributed by atoms with van der Waals surface area (Å²) in [7, 11) is 0. The first-order valence-corrected chi connectivity index (χ1v) is 7.66. The fraction of sp³-hybridized carbons (Fsp3) is 0.400. The number of urea groups is 1. The minimum absolute atomic E-state index is 0.223. The number of aryl methyl sites for hydroxylation is 1. The van der Waals surface area contributed by atoms with Crippen LogP contribution in [-0.2, 0) is 6.42 Å². The number of nitrogens with zero attached hydrogens (tertiary/aromatic N) is 2. The molecule has 0 unspecified atom stereocenters. The van der Waals surface area contributed by atoms with Crippen molar-refractivity contribution in [1.82, 2.24) is 20.1 Å². The van der Waals surface area contributed by atoms with Gasteiger partial charge in [0.2, 0.25) is 0 Å². The van der Waals surface area contributed by atoms with E-state index in [0.717, 1.165) is 17.1 Å². The van der Waals surface area contributed by atoms with E-state index < -0.39 is 0 Å². The molecule has 1 aromatic carbocycles. The van der Waals surface area contributed by atoms with Crippen LogP contribution >= 0.6 is 12.2 Å². The van der Waals surface area contributed by atoms with Gasteiger partial charge < -0.3 is 15.2 Å². The summed E-state index contributed by atoms with van der Waals surface area (Å²) in [5, 5.41) is 12.7. The number of rotatable bonds is 5. The first-order chi connectivity index (χ1) is 10.5. The third kappa shape index (κ3) is 3.94. The van der Waals surface area contributed by atoms with Crippen LogP contribution in [0.15, 0.2) is 24.3 Å². The number of benzene rings is 1. The van der Waals surface area contributed by atoms with Crippen LogP contribution < -0.4 is 10.6 Å². The Kier molecular flexibility index (Phi) is 5.32. The Morgan fingerprint density at radius 1 is 1.41 bits per heavy atom. The topological polar surface area (TPSA) is 74.7 Å². The van der Waals surface area contributed by atoms with Crippen LogP contribution in [0.25, 0.3) is 0 Å². The van der Waals surface area contributed by atoms with E-state index in [1.165, 1.54) is 0 Å². The van der Waals surface area contributed by atoms with Gasteiger partial charge in [0, 0.05) is 24.7 Å². The summed E-state index contributed by atoms with van der Waals surface area (Å²) in [5.41, 5.74) is 1.84. The Labute approximate surface area is 134 Å². The van der Waals surface area contributed by atoms with Gasteiger partial charge in [0.15, 0.2) is 4.77 Å². The third-order valence-corrected chi connectivity index (χ3v) is 3.61. The van der Waals surface area contributed by atoms with E-state index in [4.69, 9.17) is 12.2 Å². The third-order valence-electron chi connectivity index (χ3n) is 3.32. The fourth-order valence-electron chi connectivity index (χ4n) is 2.21. The van der Waals surface area contributed by atoms with E-state index in [0.29, 0.717) is 17.7 Å². The van der Waals surface area contributed by atoms with Gasteiger partial charge in [-0.05, 0) is 44.6 Å². The van der Waals surface area contributed by atoms with Crippen LogP contribution in [0, 0.1) is 11.7 Å². The SMILES string of the molecule is Cc1ccccc1NC(=O)NCCc1n[nH]c(=S)n1C(C)C. The molecule has 2 amide bonds. The predicted octanol–water partition coefficient (Wildman–Crippen LogP) is 3.19. The van der Waals surface area contributed by atoms with Crippen molar-refractivity contribution in [3.63, 3.8) is 0 Å². The molecule has 2 aromatic rings. The molecular formula is C15H21N5OS. The van der Waals surface area contributed by atoms with Gasteiger partial charge in [0.1, 0.15) is 5.82 Å². The average Bonchev–Trinajstić information content (AvgIpc) is 2.82. The maximum Gasteiger partial charge on any atom is 0.319 e. The number of para-hydroxylation sites is 1. The molecule has 22 heavy (non-hydrogen) atoms. The van der Waals surface area contributed by atoms with Crippen molar-refractivity contribution in [2.24, 2.45) is 0 Å². The summed E-state index contributed by atoms with van der Waals surface area (Å²) in [5.74, 6) is 0.844. The lowest BCUT2D eigenvalue weighted by atomic mass is 10.2. The Balaban J connectivity index is 1.88. The molecule has 0 aliphatic rings. The van der Waals surface area contributed by atoms with E-state index in [2.05, 4.69) is 20.8 Å². The molecule has 0 saturated heterocycles. The number of H-pyrrole nitrogens is 1. The molecule has 118 valence electrons. The zero-order valence-electron chi connectivity index (χ0n) is 13.0. The molecule has 0 radical (unpaired) electrons. The highest BCUT2D eigenvalue weighted by Crippen LogP contribution is 2.12. The highest BCUT2D eigenvalue weighted by Gasteiger charge is 2.10. The second kappa shape index (κ2) is 7.22. The lowest BCUT2D eigenvalue weighted by molar-refractivity contribution is 0.252. The summed E-state index contributed by atoms with van der Waals surface area (Å²) in [4.78, 5) is 11.9. The van der Waals surface area contributed by atoms with Crippen LogP contribution in [0.1, 0.15) is 31.3 Å². The Morgan fingerprint density at radius 2 is 2.14 bits per heavy atom. The normalized spacial score (nSPS) is 10.7. The fourth-order valence-corrected chi connectivity index (χ4v) is 2.58. The molecule has 3 N–H and O–H groups in total. The van der Waals surface area contributed by atoms with Crippen molar-refractivity contribution >= 4 is 23.9 Å². The summed E-state index contributed by atoms with van der Waals surface area (Å²) < 4.78 is 2.56. The van der Waals surface area contributed by atoms with Gasteiger partial charge in [0.25, 0.3) is 0 Å². The quantitative estimate of drug-likeness (QED) is 0.741. The van der Waals surface area contributed by atoms with Gasteiger partial charge >= 0.3 is 6.03 Å². The highest BCUT2D eigenvalue weighted by atomic mass is 32.1. The van der Waals surface area contributed by atoms with Gasteiger partial charge in [-0.2, -0.15) is 5.10 Å². The van der Waals surface area contributed by atoms with Crippen LogP contribution in [0.5, 0.6) is 0 Å². The van der Waals surface area contributed by atoms with Crippen molar-refractivity contribution in [2.45, 2.75) is 33.2 Å².